The van der Waals surface area contributed by atoms with Gasteiger partial charge in [-0.3, -0.25) is 10.7 Å². The van der Waals surface area contributed by atoms with Crippen molar-refractivity contribution in [3.63, 3.8) is 0 Å². The van der Waals surface area contributed by atoms with Crippen molar-refractivity contribution in [1.29, 1.82) is 0 Å². The van der Waals surface area contributed by atoms with Gasteiger partial charge in [0, 0.05) is 11.4 Å². The van der Waals surface area contributed by atoms with E-state index in [1.165, 1.54) is 0 Å². The topological polar surface area (TPSA) is 77.8 Å². The minimum Gasteiger partial charge on any atom is -0.290 e. The first-order valence-corrected chi connectivity index (χ1v) is 6.13. The van der Waals surface area contributed by atoms with Crippen LogP contribution in [0.3, 0.4) is 0 Å². The molecule has 2 aromatic rings. The van der Waals surface area contributed by atoms with Crippen molar-refractivity contribution < 1.29 is 4.99 Å². The van der Waals surface area contributed by atoms with Crippen LogP contribution in [0.25, 0.3) is 0 Å². The second-order valence-electron chi connectivity index (χ2n) is 4.35. The van der Waals surface area contributed by atoms with Gasteiger partial charge in [0.25, 0.3) is 5.95 Å². The molecule has 2 rings (SSSR count). The maximum absolute atomic E-state index is 5.87. The normalized spacial score (nSPS) is 11.4. The van der Waals surface area contributed by atoms with Crippen molar-refractivity contribution in [2.24, 2.45) is 5.73 Å². The molecule has 0 fully saturated rings. The molecule has 1 heterocycles. The molecule has 98 valence electrons. The molecule has 0 atom stereocenters. The highest BCUT2D eigenvalue weighted by atomic mass is 15.2. The summed E-state index contributed by atoms with van der Waals surface area (Å²) in [4.78, 5) is 11.6. The van der Waals surface area contributed by atoms with Crippen LogP contribution in [-0.4, -0.2) is 15.9 Å². The number of benzene rings is 1. The molecule has 1 aromatic heterocycles. The molecule has 5 nitrogen and oxygen atoms in total. The van der Waals surface area contributed by atoms with Crippen LogP contribution in [-0.2, 0) is 6.54 Å². The predicted molar refractivity (Wildman–Crippen MR) is 75.4 cm³/mol. The van der Waals surface area contributed by atoms with Crippen molar-refractivity contribution in [1.82, 2.24) is 9.97 Å². The van der Waals surface area contributed by atoms with Crippen molar-refractivity contribution in [2.45, 2.75) is 20.4 Å². The Balaban J connectivity index is 2.02. The molecule has 0 aliphatic heterocycles. The van der Waals surface area contributed by atoms with Gasteiger partial charge >= 0.3 is 5.96 Å². The molecule has 0 amide bonds. The van der Waals surface area contributed by atoms with E-state index in [9.17, 15) is 0 Å². The summed E-state index contributed by atoms with van der Waals surface area (Å²) in [6.45, 7) is 4.51. The highest BCUT2D eigenvalue weighted by Gasteiger charge is 2.05. The molecular formula is C14H18N5+. The number of hydrogen-bond acceptors (Lipinski definition) is 2. The first-order valence-electron chi connectivity index (χ1n) is 6.13. The fourth-order valence-electron chi connectivity index (χ4n) is 1.74. The number of aromatic nitrogens is 2. The maximum Gasteiger partial charge on any atom is 0.348 e. The summed E-state index contributed by atoms with van der Waals surface area (Å²) in [6.07, 6.45) is 0. The van der Waals surface area contributed by atoms with E-state index in [0.29, 0.717) is 18.5 Å². The van der Waals surface area contributed by atoms with Crippen LogP contribution in [0.15, 0.2) is 36.4 Å². The summed E-state index contributed by atoms with van der Waals surface area (Å²) in [5, 5.41) is 2.95. The van der Waals surface area contributed by atoms with Crippen molar-refractivity contribution in [3.05, 3.63) is 53.3 Å². The molecule has 5 heteroatoms. The van der Waals surface area contributed by atoms with E-state index in [1.54, 1.807) is 0 Å². The Morgan fingerprint density at radius 1 is 1.16 bits per heavy atom. The monoisotopic (exact) mass is 256 g/mol. The molecule has 0 saturated heterocycles. The molecule has 0 spiro atoms. The Morgan fingerprint density at radius 3 is 2.42 bits per heavy atom. The van der Waals surface area contributed by atoms with Gasteiger partial charge in [-0.1, -0.05) is 30.3 Å². The molecule has 0 radical (unpaired) electrons. The molecule has 19 heavy (non-hydrogen) atoms. The van der Waals surface area contributed by atoms with Crippen molar-refractivity contribution in [2.75, 3.05) is 5.32 Å². The number of nitrogens with two attached hydrogens (primary N) is 1. The zero-order chi connectivity index (χ0) is 13.7. The summed E-state index contributed by atoms with van der Waals surface area (Å²) in [5.41, 5.74) is 8.85. The third-order valence-corrected chi connectivity index (χ3v) is 2.55. The van der Waals surface area contributed by atoms with E-state index >= 15 is 0 Å². The van der Waals surface area contributed by atoms with Gasteiger partial charge in [0.1, 0.15) is 0 Å². The van der Waals surface area contributed by atoms with Crippen LogP contribution in [0.2, 0.25) is 0 Å². The van der Waals surface area contributed by atoms with E-state index in [0.717, 1.165) is 17.0 Å². The number of nitrogens with zero attached hydrogens (tertiary/aromatic N) is 2. The summed E-state index contributed by atoms with van der Waals surface area (Å²) in [7, 11) is 0. The van der Waals surface area contributed by atoms with Crippen LogP contribution in [0.1, 0.15) is 17.0 Å². The summed E-state index contributed by atoms with van der Waals surface area (Å²) in [6, 6.07) is 12.0. The van der Waals surface area contributed by atoms with E-state index in [-0.39, 0.29) is 0 Å². The van der Waals surface area contributed by atoms with E-state index in [4.69, 9.17) is 5.73 Å². The van der Waals surface area contributed by atoms with Crippen LogP contribution in [0.5, 0.6) is 0 Å². The van der Waals surface area contributed by atoms with Gasteiger partial charge < -0.3 is 0 Å². The largest absolute Gasteiger partial charge is 0.348 e. The van der Waals surface area contributed by atoms with Crippen LogP contribution < -0.4 is 16.0 Å². The smallest absolute Gasteiger partial charge is 0.290 e. The van der Waals surface area contributed by atoms with Crippen molar-refractivity contribution in [3.8, 4) is 0 Å². The zero-order valence-electron chi connectivity index (χ0n) is 11.1. The molecule has 0 bridgehead atoms. The first-order chi connectivity index (χ1) is 9.13. The van der Waals surface area contributed by atoms with E-state index < -0.39 is 0 Å². The standard InChI is InChI=1S/C14H17N5/c1-10-8-11(2)18-14(17-10)19-13(15)16-9-12-6-4-3-5-7-12/h3-8H,9H2,1-2H3,(H3,15,16,17,18,19)/p+1. The average molecular weight is 256 g/mol. The van der Waals surface area contributed by atoms with Gasteiger partial charge in [0.05, 0.1) is 6.54 Å². The van der Waals surface area contributed by atoms with Gasteiger partial charge in [-0.2, -0.15) is 0 Å². The Bertz CT molecular complexity index is 557. The lowest BCUT2D eigenvalue weighted by molar-refractivity contribution is -0.476. The Labute approximate surface area is 112 Å². The Morgan fingerprint density at radius 2 is 1.79 bits per heavy atom. The zero-order valence-corrected chi connectivity index (χ0v) is 11.1. The van der Waals surface area contributed by atoms with Gasteiger partial charge in [0.15, 0.2) is 0 Å². The number of anilines is 1. The molecular weight excluding hydrogens is 238 g/mol. The summed E-state index contributed by atoms with van der Waals surface area (Å²) >= 11 is 0. The summed E-state index contributed by atoms with van der Waals surface area (Å²) < 4.78 is 0. The number of hydrogen-bond donors (Lipinski definition) is 3. The maximum atomic E-state index is 5.87. The second-order valence-corrected chi connectivity index (χ2v) is 4.35. The molecule has 0 aliphatic carbocycles. The van der Waals surface area contributed by atoms with Crippen LogP contribution in [0, 0.1) is 13.8 Å². The van der Waals surface area contributed by atoms with Gasteiger partial charge in [-0.05, 0) is 25.5 Å². The number of guanidine groups is 1. The molecule has 1 aromatic carbocycles. The molecule has 0 saturated carbocycles. The lowest BCUT2D eigenvalue weighted by Gasteiger charge is -2.01. The predicted octanol–water partition coefficient (Wildman–Crippen LogP) is 0.101. The van der Waals surface area contributed by atoms with Gasteiger partial charge in [-0.25, -0.2) is 15.3 Å². The lowest BCUT2D eigenvalue weighted by atomic mass is 10.2. The highest BCUT2D eigenvalue weighted by molar-refractivity contribution is 5.85. The SMILES string of the molecule is Cc1cc(C)nc(NC(N)=[NH+]Cc2ccccc2)n1. The van der Waals surface area contributed by atoms with Crippen LogP contribution in [0.4, 0.5) is 5.95 Å². The van der Waals surface area contributed by atoms with Gasteiger partial charge in [0.2, 0.25) is 0 Å². The average Bonchev–Trinajstić information content (AvgIpc) is 2.36. The summed E-state index contributed by atoms with van der Waals surface area (Å²) in [5.74, 6) is 0.949. The third-order valence-electron chi connectivity index (χ3n) is 2.55. The number of nitrogens with one attached hydrogen (secondary N) is 2. The lowest BCUT2D eigenvalue weighted by Crippen LogP contribution is -2.75. The van der Waals surface area contributed by atoms with E-state index in [1.807, 2.05) is 50.2 Å². The van der Waals surface area contributed by atoms with Crippen molar-refractivity contribution >= 4 is 11.9 Å². The number of rotatable bonds is 3. The molecule has 4 N–H and O–H groups in total. The van der Waals surface area contributed by atoms with Crippen LogP contribution >= 0.6 is 0 Å². The fourth-order valence-corrected chi connectivity index (χ4v) is 1.74. The first kappa shape index (κ1) is 13.0. The quantitative estimate of drug-likeness (QED) is 0.538. The molecule has 0 unspecified atom stereocenters. The minimum absolute atomic E-state index is 0.439. The third kappa shape index (κ3) is 4.06. The Kier molecular flexibility index (Phi) is 4.07. The number of aryl methyl sites for hydroxylation is 2. The Hall–Kier alpha value is -2.43. The fraction of sp³-hybridized carbons (Fsp3) is 0.214. The van der Waals surface area contributed by atoms with E-state index in [2.05, 4.69) is 20.3 Å². The highest BCUT2D eigenvalue weighted by Crippen LogP contribution is 2.02. The van der Waals surface area contributed by atoms with Gasteiger partial charge in [-0.15, -0.1) is 0 Å². The second kappa shape index (κ2) is 5.95. The molecule has 0 aliphatic rings. The minimum atomic E-state index is 0.439.